The molecular weight excluding hydrogens is 332 g/mol. The van der Waals surface area contributed by atoms with Crippen LogP contribution in [0.3, 0.4) is 0 Å². The van der Waals surface area contributed by atoms with Gasteiger partial charge >= 0.3 is 0 Å². The van der Waals surface area contributed by atoms with Crippen molar-refractivity contribution in [3.05, 3.63) is 0 Å². The number of hydrogen-bond acceptors (Lipinski definition) is 6. The average molecular weight is 360 g/mol. The minimum Gasteiger partial charge on any atom is -0.284 e. The third-order valence-corrected chi connectivity index (χ3v) is 6.33. The Hall–Kier alpha value is -0.260. The Kier molecular flexibility index (Phi) is 9.03. The van der Waals surface area contributed by atoms with Gasteiger partial charge < -0.3 is 0 Å². The van der Waals surface area contributed by atoms with Gasteiger partial charge in [0.25, 0.3) is 20.2 Å². The molecule has 0 saturated heterocycles. The zero-order valence-electron chi connectivity index (χ0n) is 13.6. The van der Waals surface area contributed by atoms with Gasteiger partial charge in [-0.1, -0.05) is 27.7 Å². The first-order valence-electron chi connectivity index (χ1n) is 7.43. The predicted molar refractivity (Wildman–Crippen MR) is 85.7 cm³/mol. The van der Waals surface area contributed by atoms with Crippen molar-refractivity contribution in [1.82, 2.24) is 9.80 Å². The number of nitrogens with zero attached hydrogens (tertiary/aromatic N) is 2. The van der Waals surface area contributed by atoms with Crippen LogP contribution in [0.4, 0.5) is 0 Å². The molecule has 10 heteroatoms. The molecule has 8 nitrogen and oxygen atoms in total. The van der Waals surface area contributed by atoms with Gasteiger partial charge in [-0.2, -0.15) is 16.8 Å². The van der Waals surface area contributed by atoms with Gasteiger partial charge in [0, 0.05) is 13.1 Å². The molecule has 0 aliphatic heterocycles. The molecule has 2 unspecified atom stereocenters. The van der Waals surface area contributed by atoms with Gasteiger partial charge in [0.05, 0.1) is 0 Å². The number of hydrogen-bond donors (Lipinski definition) is 2. The van der Waals surface area contributed by atoms with Crippen molar-refractivity contribution in [3.63, 3.8) is 0 Å². The summed E-state index contributed by atoms with van der Waals surface area (Å²) in [5, 5.41) is -2.02. The summed E-state index contributed by atoms with van der Waals surface area (Å²) in [7, 11) is -8.39. The Morgan fingerprint density at radius 1 is 0.727 bits per heavy atom. The van der Waals surface area contributed by atoms with E-state index >= 15 is 0 Å². The smallest absolute Gasteiger partial charge is 0.281 e. The molecule has 0 spiro atoms. The number of likely N-dealkylation sites (N-methyl/N-ethyl adjacent to an activating group) is 2. The lowest BCUT2D eigenvalue weighted by molar-refractivity contribution is 0.177. The first kappa shape index (κ1) is 21.7. The zero-order chi connectivity index (χ0) is 17.6. The lowest BCUT2D eigenvalue weighted by atomic mass is 10.3. The second-order valence-electron chi connectivity index (χ2n) is 5.01. The van der Waals surface area contributed by atoms with E-state index < -0.39 is 31.0 Å². The van der Waals surface area contributed by atoms with Crippen LogP contribution in [0.5, 0.6) is 0 Å². The first-order chi connectivity index (χ1) is 10.0. The van der Waals surface area contributed by atoms with Crippen LogP contribution in [0.2, 0.25) is 0 Å². The van der Waals surface area contributed by atoms with E-state index in [1.807, 2.05) is 0 Å². The molecule has 22 heavy (non-hydrogen) atoms. The van der Waals surface area contributed by atoms with E-state index in [1.165, 1.54) is 0 Å². The van der Waals surface area contributed by atoms with Gasteiger partial charge in [0.15, 0.2) is 0 Å². The fourth-order valence-corrected chi connectivity index (χ4v) is 4.69. The SMILES string of the molecule is CCC(N(CC)CCN(CC)C(CC)S(=O)(=O)O)S(=O)(=O)O. The Morgan fingerprint density at radius 2 is 1.00 bits per heavy atom. The summed E-state index contributed by atoms with van der Waals surface area (Å²) in [5.41, 5.74) is 0. The van der Waals surface area contributed by atoms with Crippen LogP contribution in [0.15, 0.2) is 0 Å². The normalized spacial score (nSPS) is 16.2. The Morgan fingerprint density at radius 3 is 1.14 bits per heavy atom. The molecule has 0 bridgehead atoms. The van der Waals surface area contributed by atoms with Crippen LogP contribution in [0, 0.1) is 0 Å². The molecule has 0 radical (unpaired) electrons. The van der Waals surface area contributed by atoms with E-state index in [-0.39, 0.29) is 25.9 Å². The van der Waals surface area contributed by atoms with Crippen molar-refractivity contribution in [2.75, 3.05) is 26.2 Å². The van der Waals surface area contributed by atoms with Gasteiger partial charge in [-0.15, -0.1) is 0 Å². The lowest BCUT2D eigenvalue weighted by Crippen LogP contribution is -2.48. The van der Waals surface area contributed by atoms with E-state index in [9.17, 15) is 25.9 Å². The topological polar surface area (TPSA) is 115 Å². The summed E-state index contributed by atoms with van der Waals surface area (Å²) >= 11 is 0. The molecule has 134 valence electrons. The molecule has 0 aromatic heterocycles. The van der Waals surface area contributed by atoms with Gasteiger partial charge in [-0.3, -0.25) is 18.9 Å². The average Bonchev–Trinajstić information content (AvgIpc) is 2.38. The van der Waals surface area contributed by atoms with Crippen LogP contribution in [-0.2, 0) is 20.2 Å². The summed E-state index contributed by atoms with van der Waals surface area (Å²) in [6.07, 6.45) is 0.461. The van der Waals surface area contributed by atoms with Gasteiger partial charge in [0.2, 0.25) is 0 Å². The van der Waals surface area contributed by atoms with Gasteiger partial charge in [-0.05, 0) is 25.9 Å². The van der Waals surface area contributed by atoms with Crippen molar-refractivity contribution < 1.29 is 25.9 Å². The maximum atomic E-state index is 11.4. The molecule has 0 amide bonds. The Bertz CT molecular complexity index is 472. The van der Waals surface area contributed by atoms with Crippen LogP contribution < -0.4 is 0 Å². The molecule has 2 N–H and O–H groups in total. The van der Waals surface area contributed by atoms with Crippen LogP contribution in [-0.4, -0.2) is 72.7 Å². The molecule has 0 fully saturated rings. The van der Waals surface area contributed by atoms with Gasteiger partial charge in [-0.25, -0.2) is 0 Å². The van der Waals surface area contributed by atoms with Crippen molar-refractivity contribution in [2.45, 2.75) is 51.3 Å². The van der Waals surface area contributed by atoms with Gasteiger partial charge in [0.1, 0.15) is 10.7 Å². The molecule has 0 rings (SSSR count). The van der Waals surface area contributed by atoms with E-state index in [0.717, 1.165) is 0 Å². The minimum absolute atomic E-state index is 0.230. The summed E-state index contributed by atoms with van der Waals surface area (Å²) < 4.78 is 64.1. The maximum Gasteiger partial charge on any atom is 0.281 e. The lowest BCUT2D eigenvalue weighted by Gasteiger charge is -2.32. The minimum atomic E-state index is -4.20. The highest BCUT2D eigenvalue weighted by molar-refractivity contribution is 7.86. The third-order valence-electron chi connectivity index (χ3n) is 3.69. The Balaban J connectivity index is 5.05. The summed E-state index contributed by atoms with van der Waals surface area (Å²) in [6, 6.07) is 0. The van der Waals surface area contributed by atoms with Crippen molar-refractivity contribution >= 4 is 20.2 Å². The molecular formula is C12H28N2O6S2. The predicted octanol–water partition coefficient (Wildman–Crippen LogP) is 0.878. The molecule has 0 saturated carbocycles. The monoisotopic (exact) mass is 360 g/mol. The van der Waals surface area contributed by atoms with E-state index in [4.69, 9.17) is 0 Å². The van der Waals surface area contributed by atoms with Crippen molar-refractivity contribution in [2.24, 2.45) is 0 Å². The number of rotatable bonds is 11. The second kappa shape index (κ2) is 9.14. The highest BCUT2D eigenvalue weighted by Gasteiger charge is 2.30. The van der Waals surface area contributed by atoms with Crippen LogP contribution in [0.25, 0.3) is 0 Å². The molecule has 0 aliphatic carbocycles. The molecule has 0 aliphatic rings. The summed E-state index contributed by atoms with van der Waals surface area (Å²) in [4.78, 5) is 3.16. The molecule has 0 aromatic rings. The fourth-order valence-electron chi connectivity index (χ4n) is 2.58. The molecule has 0 aromatic carbocycles. The second-order valence-corrected chi connectivity index (χ2v) is 8.16. The first-order valence-corrected chi connectivity index (χ1v) is 10.4. The molecule has 2 atom stereocenters. The van der Waals surface area contributed by atoms with Crippen molar-refractivity contribution in [1.29, 1.82) is 0 Å². The quantitative estimate of drug-likeness (QED) is 0.522. The molecule has 0 heterocycles. The highest BCUT2D eigenvalue weighted by atomic mass is 32.2. The van der Waals surface area contributed by atoms with E-state index in [0.29, 0.717) is 13.1 Å². The largest absolute Gasteiger partial charge is 0.284 e. The zero-order valence-corrected chi connectivity index (χ0v) is 15.3. The Labute approximate surface area is 134 Å². The fraction of sp³-hybridized carbons (Fsp3) is 1.00. The van der Waals surface area contributed by atoms with Crippen LogP contribution in [0.1, 0.15) is 40.5 Å². The van der Waals surface area contributed by atoms with E-state index in [2.05, 4.69) is 0 Å². The maximum absolute atomic E-state index is 11.4. The van der Waals surface area contributed by atoms with E-state index in [1.54, 1.807) is 37.5 Å². The third kappa shape index (κ3) is 6.47. The van der Waals surface area contributed by atoms with Crippen LogP contribution >= 0.6 is 0 Å². The standard InChI is InChI=1S/C12H28N2O6S2/c1-5-11(21(15,16)17)13(7-3)9-10-14(8-4)12(6-2)22(18,19)20/h11-12H,5-10H2,1-4H3,(H,15,16,17)(H,18,19,20). The van der Waals surface area contributed by atoms with Crippen molar-refractivity contribution in [3.8, 4) is 0 Å². The summed E-state index contributed by atoms with van der Waals surface area (Å²) in [6.45, 7) is 8.20. The highest BCUT2D eigenvalue weighted by Crippen LogP contribution is 2.14. The summed E-state index contributed by atoms with van der Waals surface area (Å²) in [5.74, 6) is 0.